The van der Waals surface area contributed by atoms with Gasteiger partial charge in [-0.25, -0.2) is 0 Å². The lowest BCUT2D eigenvalue weighted by atomic mass is 9.84. The molecule has 0 aromatic carbocycles. The number of carboxylic acid groups (broad SMARTS) is 1. The Bertz CT molecular complexity index is 484. The molecule has 0 amide bonds. The van der Waals surface area contributed by atoms with Gasteiger partial charge in [-0.2, -0.15) is 5.10 Å². The van der Waals surface area contributed by atoms with Gasteiger partial charge in [0, 0.05) is 6.54 Å². The Kier molecular flexibility index (Phi) is 5.24. The van der Waals surface area contributed by atoms with Gasteiger partial charge in [0.2, 0.25) is 0 Å². The van der Waals surface area contributed by atoms with Gasteiger partial charge >= 0.3 is 5.97 Å². The summed E-state index contributed by atoms with van der Waals surface area (Å²) < 4.78 is 3.05. The minimum absolute atomic E-state index is 0.204. The first-order valence-electron chi connectivity index (χ1n) is 7.49. The van der Waals surface area contributed by atoms with Crippen LogP contribution >= 0.6 is 15.9 Å². The molecule has 0 radical (unpaired) electrons. The lowest BCUT2D eigenvalue weighted by Gasteiger charge is -2.22. The van der Waals surface area contributed by atoms with Gasteiger partial charge in [0.05, 0.1) is 21.8 Å². The summed E-state index contributed by atoms with van der Waals surface area (Å²) in [5.41, 5.74) is 2.14. The maximum Gasteiger partial charge on any atom is 0.306 e. The Hall–Kier alpha value is -0.840. The molecule has 1 aliphatic rings. The minimum atomic E-state index is -0.632. The van der Waals surface area contributed by atoms with Crippen LogP contribution in [0.1, 0.15) is 50.4 Å². The molecule has 2 atom stereocenters. The van der Waals surface area contributed by atoms with Gasteiger partial charge in [0.25, 0.3) is 0 Å². The molecule has 5 heteroatoms. The number of aromatic nitrogens is 2. The van der Waals surface area contributed by atoms with Crippen LogP contribution < -0.4 is 0 Å². The third-order valence-electron chi connectivity index (χ3n) is 4.38. The third-order valence-corrected chi connectivity index (χ3v) is 5.42. The zero-order valence-electron chi connectivity index (χ0n) is 12.2. The standard InChI is InChI=1S/C15H23BrN2O2/c1-3-18-13(14(16)10(2)17-18)9-11-7-5-4-6-8-12(11)15(19)20/h11-12H,3-9H2,1-2H3,(H,19,20). The van der Waals surface area contributed by atoms with Crippen LogP contribution in [0.25, 0.3) is 0 Å². The Morgan fingerprint density at radius 3 is 2.75 bits per heavy atom. The van der Waals surface area contributed by atoms with Gasteiger partial charge in [-0.05, 0) is 55.0 Å². The van der Waals surface area contributed by atoms with E-state index in [1.807, 2.05) is 11.6 Å². The molecular formula is C15H23BrN2O2. The average molecular weight is 343 g/mol. The van der Waals surface area contributed by atoms with E-state index < -0.39 is 5.97 Å². The van der Waals surface area contributed by atoms with Crippen molar-refractivity contribution < 1.29 is 9.90 Å². The fourth-order valence-corrected chi connectivity index (χ4v) is 3.71. The monoisotopic (exact) mass is 342 g/mol. The van der Waals surface area contributed by atoms with Crippen molar-refractivity contribution >= 4 is 21.9 Å². The van der Waals surface area contributed by atoms with E-state index in [1.54, 1.807) is 0 Å². The van der Waals surface area contributed by atoms with Crippen LogP contribution in [0.5, 0.6) is 0 Å². The summed E-state index contributed by atoms with van der Waals surface area (Å²) in [5, 5.41) is 14.0. The van der Waals surface area contributed by atoms with Gasteiger partial charge in [-0.3, -0.25) is 9.48 Å². The molecule has 0 bridgehead atoms. The van der Waals surface area contributed by atoms with Gasteiger partial charge in [0.1, 0.15) is 0 Å². The highest BCUT2D eigenvalue weighted by molar-refractivity contribution is 9.10. The highest BCUT2D eigenvalue weighted by Crippen LogP contribution is 2.34. The maximum absolute atomic E-state index is 11.5. The molecule has 112 valence electrons. The van der Waals surface area contributed by atoms with Gasteiger partial charge in [-0.15, -0.1) is 0 Å². The predicted octanol–water partition coefficient (Wildman–Crippen LogP) is 3.80. The van der Waals surface area contributed by atoms with E-state index in [0.717, 1.165) is 60.9 Å². The molecule has 1 aliphatic carbocycles. The van der Waals surface area contributed by atoms with E-state index in [2.05, 4.69) is 28.0 Å². The first-order chi connectivity index (χ1) is 9.54. The van der Waals surface area contributed by atoms with Crippen molar-refractivity contribution in [1.29, 1.82) is 0 Å². The van der Waals surface area contributed by atoms with E-state index in [-0.39, 0.29) is 11.8 Å². The third kappa shape index (κ3) is 3.25. The number of aliphatic carboxylic acids is 1. The lowest BCUT2D eigenvalue weighted by molar-refractivity contribution is -0.143. The van der Waals surface area contributed by atoms with E-state index in [0.29, 0.717) is 0 Å². The largest absolute Gasteiger partial charge is 0.481 e. The van der Waals surface area contributed by atoms with Crippen LogP contribution in [0, 0.1) is 18.8 Å². The van der Waals surface area contributed by atoms with Gasteiger partial charge < -0.3 is 5.11 Å². The summed E-state index contributed by atoms with van der Waals surface area (Å²) in [5.74, 6) is -0.607. The highest BCUT2D eigenvalue weighted by atomic mass is 79.9. The number of hydrogen-bond donors (Lipinski definition) is 1. The molecule has 1 fully saturated rings. The molecular weight excluding hydrogens is 320 g/mol. The maximum atomic E-state index is 11.5. The molecule has 1 heterocycles. The molecule has 1 saturated carbocycles. The number of carboxylic acids is 1. The molecule has 1 aromatic rings. The van der Waals surface area contributed by atoms with Crippen LogP contribution in [-0.4, -0.2) is 20.9 Å². The van der Waals surface area contributed by atoms with Crippen molar-refractivity contribution in [2.45, 2.75) is 58.9 Å². The van der Waals surface area contributed by atoms with Gasteiger partial charge in [-0.1, -0.05) is 19.3 Å². The summed E-state index contributed by atoms with van der Waals surface area (Å²) >= 11 is 3.61. The summed E-state index contributed by atoms with van der Waals surface area (Å²) in [7, 11) is 0. The van der Waals surface area contributed by atoms with Crippen LogP contribution in [0.4, 0.5) is 0 Å². The molecule has 1 N–H and O–H groups in total. The molecule has 0 saturated heterocycles. The van der Waals surface area contributed by atoms with Crippen LogP contribution in [0.3, 0.4) is 0 Å². The van der Waals surface area contributed by atoms with Crippen LogP contribution in [0.15, 0.2) is 4.47 Å². The first kappa shape index (κ1) is 15.5. The quantitative estimate of drug-likeness (QED) is 0.846. The zero-order chi connectivity index (χ0) is 14.7. The Morgan fingerprint density at radius 1 is 1.40 bits per heavy atom. The number of aryl methyl sites for hydroxylation is 2. The van der Waals surface area contributed by atoms with Crippen molar-refractivity contribution in [3.8, 4) is 0 Å². The Balaban J connectivity index is 2.24. The zero-order valence-corrected chi connectivity index (χ0v) is 13.8. The number of hydrogen-bond acceptors (Lipinski definition) is 2. The number of carbonyl (C=O) groups is 1. The van der Waals surface area contributed by atoms with Crippen molar-refractivity contribution in [3.05, 3.63) is 15.9 Å². The van der Waals surface area contributed by atoms with Crippen molar-refractivity contribution in [3.63, 3.8) is 0 Å². The van der Waals surface area contributed by atoms with E-state index in [9.17, 15) is 9.90 Å². The lowest BCUT2D eigenvalue weighted by Crippen LogP contribution is -2.25. The fraction of sp³-hybridized carbons (Fsp3) is 0.733. The summed E-state index contributed by atoms with van der Waals surface area (Å²) in [4.78, 5) is 11.5. The molecule has 0 aliphatic heterocycles. The summed E-state index contributed by atoms with van der Waals surface area (Å²) in [6, 6.07) is 0. The van der Waals surface area contributed by atoms with E-state index >= 15 is 0 Å². The van der Waals surface area contributed by atoms with Gasteiger partial charge in [0.15, 0.2) is 0 Å². The normalized spacial score (nSPS) is 23.6. The van der Waals surface area contributed by atoms with Crippen LogP contribution in [-0.2, 0) is 17.8 Å². The van der Waals surface area contributed by atoms with E-state index in [4.69, 9.17) is 0 Å². The number of rotatable bonds is 4. The van der Waals surface area contributed by atoms with Crippen molar-refractivity contribution in [2.75, 3.05) is 0 Å². The molecule has 2 unspecified atom stereocenters. The van der Waals surface area contributed by atoms with Crippen molar-refractivity contribution in [2.24, 2.45) is 11.8 Å². The summed E-state index contributed by atoms with van der Waals surface area (Å²) in [6.07, 6.45) is 5.99. The van der Waals surface area contributed by atoms with E-state index in [1.165, 1.54) is 0 Å². The average Bonchev–Trinajstić information content (AvgIpc) is 2.60. The number of nitrogens with zero attached hydrogens (tertiary/aromatic N) is 2. The minimum Gasteiger partial charge on any atom is -0.481 e. The fourth-order valence-electron chi connectivity index (χ4n) is 3.27. The highest BCUT2D eigenvalue weighted by Gasteiger charge is 2.31. The Labute approximate surface area is 128 Å². The topological polar surface area (TPSA) is 55.1 Å². The molecule has 1 aromatic heterocycles. The molecule has 0 spiro atoms. The molecule has 2 rings (SSSR count). The second kappa shape index (κ2) is 6.74. The second-order valence-corrected chi connectivity index (χ2v) is 6.50. The second-order valence-electron chi connectivity index (χ2n) is 5.71. The molecule has 20 heavy (non-hydrogen) atoms. The van der Waals surface area contributed by atoms with Crippen molar-refractivity contribution in [1.82, 2.24) is 9.78 Å². The predicted molar refractivity (Wildman–Crippen MR) is 81.7 cm³/mol. The Morgan fingerprint density at radius 2 is 2.10 bits per heavy atom. The van der Waals surface area contributed by atoms with Crippen LogP contribution in [0.2, 0.25) is 0 Å². The molecule has 4 nitrogen and oxygen atoms in total. The number of halogens is 1. The SMILES string of the molecule is CCn1nc(C)c(Br)c1CC1CCCCCC1C(=O)O. The summed E-state index contributed by atoms with van der Waals surface area (Å²) in [6.45, 7) is 4.89. The smallest absolute Gasteiger partial charge is 0.306 e. The first-order valence-corrected chi connectivity index (χ1v) is 8.28.